The second-order valence-electron chi connectivity index (χ2n) is 3.50. The number of hydrogen-bond acceptors (Lipinski definition) is 0. The zero-order chi connectivity index (χ0) is 8.69. The molecule has 0 spiro atoms. The van der Waals surface area contributed by atoms with Crippen LogP contribution in [0.15, 0.2) is 0 Å². The maximum absolute atomic E-state index is 5.70. The molecule has 0 aromatic carbocycles. The molecule has 0 amide bonds. The van der Waals surface area contributed by atoms with Gasteiger partial charge in [0, 0.05) is 11.8 Å². The molecule has 0 bridgehead atoms. The van der Waals surface area contributed by atoms with Crippen LogP contribution in [-0.2, 0) is 0 Å². The predicted molar refractivity (Wildman–Crippen MR) is 53.6 cm³/mol. The Morgan fingerprint density at radius 2 is 1.55 bits per heavy atom. The Kier molecular flexibility index (Phi) is 7.62. The van der Waals surface area contributed by atoms with Crippen LogP contribution in [0.3, 0.4) is 0 Å². The first-order valence-corrected chi connectivity index (χ1v) is 5.39. The van der Waals surface area contributed by atoms with E-state index in [-0.39, 0.29) is 0 Å². The normalized spacial score (nSPS) is 11.5. The van der Waals surface area contributed by atoms with Gasteiger partial charge in [0.1, 0.15) is 0 Å². The Morgan fingerprint density at radius 1 is 1.00 bits per heavy atom. The van der Waals surface area contributed by atoms with Crippen LogP contribution in [-0.4, -0.2) is 11.8 Å². The largest absolute Gasteiger partial charge is 0.126 e. The van der Waals surface area contributed by atoms with Crippen molar-refractivity contribution in [2.24, 2.45) is 11.8 Å². The lowest BCUT2D eigenvalue weighted by Gasteiger charge is -2.10. The molecule has 0 aliphatic heterocycles. The Balaban J connectivity index is 3.21. The quantitative estimate of drug-likeness (QED) is 0.566. The first-order chi connectivity index (χ1) is 5.20. The average Bonchev–Trinajstić information content (AvgIpc) is 1.98. The zero-order valence-corrected chi connectivity index (χ0v) is 8.96. The highest BCUT2D eigenvalue weighted by Crippen LogP contribution is 2.14. The maximum Gasteiger partial charge on any atom is 0.0263 e. The fourth-order valence-corrected chi connectivity index (χ4v) is 1.65. The summed E-state index contributed by atoms with van der Waals surface area (Å²) >= 11 is 11.4. The van der Waals surface area contributed by atoms with Crippen molar-refractivity contribution in [2.75, 3.05) is 11.8 Å². The lowest BCUT2D eigenvalue weighted by atomic mass is 10.0. The van der Waals surface area contributed by atoms with Gasteiger partial charge < -0.3 is 0 Å². The van der Waals surface area contributed by atoms with Crippen LogP contribution in [0, 0.1) is 11.8 Å². The Morgan fingerprint density at radius 3 is 1.91 bits per heavy atom. The van der Waals surface area contributed by atoms with Gasteiger partial charge in [0.15, 0.2) is 0 Å². The lowest BCUT2D eigenvalue weighted by molar-refractivity contribution is 0.485. The first-order valence-electron chi connectivity index (χ1n) is 4.32. The van der Waals surface area contributed by atoms with Crippen LogP contribution in [0.4, 0.5) is 0 Å². The number of rotatable bonds is 6. The molecule has 11 heavy (non-hydrogen) atoms. The minimum Gasteiger partial charge on any atom is -0.126 e. The molecule has 0 aromatic rings. The molecule has 0 fully saturated rings. The van der Waals surface area contributed by atoms with Crippen molar-refractivity contribution in [3.05, 3.63) is 0 Å². The van der Waals surface area contributed by atoms with E-state index in [1.165, 1.54) is 19.3 Å². The van der Waals surface area contributed by atoms with Crippen LogP contribution in [0.5, 0.6) is 0 Å². The maximum atomic E-state index is 5.70. The molecule has 0 radical (unpaired) electrons. The van der Waals surface area contributed by atoms with Crippen LogP contribution >= 0.6 is 23.2 Å². The Hall–Kier alpha value is 0.580. The second kappa shape index (κ2) is 7.24. The van der Waals surface area contributed by atoms with Crippen LogP contribution in [0.25, 0.3) is 0 Å². The van der Waals surface area contributed by atoms with E-state index < -0.39 is 0 Å². The van der Waals surface area contributed by atoms with Crippen molar-refractivity contribution in [1.29, 1.82) is 0 Å². The van der Waals surface area contributed by atoms with E-state index in [0.29, 0.717) is 17.7 Å². The van der Waals surface area contributed by atoms with Crippen LogP contribution in [0.1, 0.15) is 33.1 Å². The molecule has 0 nitrogen and oxygen atoms in total. The fraction of sp³-hybridized carbons (Fsp3) is 1.00. The molecular weight excluding hydrogens is 179 g/mol. The monoisotopic (exact) mass is 196 g/mol. The lowest BCUT2D eigenvalue weighted by Crippen LogP contribution is -2.04. The smallest absolute Gasteiger partial charge is 0.0263 e. The van der Waals surface area contributed by atoms with Crippen LogP contribution in [0.2, 0.25) is 0 Å². The van der Waals surface area contributed by atoms with Crippen molar-refractivity contribution in [2.45, 2.75) is 33.1 Å². The summed E-state index contributed by atoms with van der Waals surface area (Å²) in [7, 11) is 0. The molecule has 0 rings (SSSR count). The van der Waals surface area contributed by atoms with Gasteiger partial charge in [0.05, 0.1) is 0 Å². The van der Waals surface area contributed by atoms with Gasteiger partial charge in [-0.05, 0) is 18.3 Å². The van der Waals surface area contributed by atoms with Crippen molar-refractivity contribution >= 4 is 23.2 Å². The summed E-state index contributed by atoms with van der Waals surface area (Å²) in [5.74, 6) is 2.75. The Bertz CT molecular complexity index is 77.6. The van der Waals surface area contributed by atoms with E-state index in [1.54, 1.807) is 0 Å². The van der Waals surface area contributed by atoms with Gasteiger partial charge in [-0.1, -0.05) is 26.7 Å². The standard InChI is InChI=1S/C9H18Cl2/c1-8(2)4-3-5-9(6-10)7-11/h8-9H,3-7H2,1-2H3. The number of hydrogen-bond donors (Lipinski definition) is 0. The fourth-order valence-electron chi connectivity index (χ4n) is 1.01. The molecule has 0 aromatic heterocycles. The third-order valence-electron chi connectivity index (χ3n) is 1.83. The second-order valence-corrected chi connectivity index (χ2v) is 4.12. The third-order valence-corrected chi connectivity index (χ3v) is 2.70. The first kappa shape index (κ1) is 11.6. The van der Waals surface area contributed by atoms with E-state index >= 15 is 0 Å². The van der Waals surface area contributed by atoms with E-state index in [0.717, 1.165) is 5.92 Å². The molecule has 0 atom stereocenters. The number of halogens is 2. The van der Waals surface area contributed by atoms with Gasteiger partial charge in [-0.2, -0.15) is 0 Å². The molecule has 0 unspecified atom stereocenters. The summed E-state index contributed by atoms with van der Waals surface area (Å²) in [6.45, 7) is 4.49. The van der Waals surface area contributed by atoms with Gasteiger partial charge in [0.25, 0.3) is 0 Å². The average molecular weight is 197 g/mol. The van der Waals surface area contributed by atoms with Crippen molar-refractivity contribution in [3.8, 4) is 0 Å². The van der Waals surface area contributed by atoms with Gasteiger partial charge in [-0.15, -0.1) is 23.2 Å². The molecule has 0 saturated carbocycles. The summed E-state index contributed by atoms with van der Waals surface area (Å²) in [4.78, 5) is 0. The summed E-state index contributed by atoms with van der Waals surface area (Å²) in [6.07, 6.45) is 3.75. The highest BCUT2D eigenvalue weighted by Gasteiger charge is 2.05. The van der Waals surface area contributed by atoms with Crippen molar-refractivity contribution in [3.63, 3.8) is 0 Å². The molecule has 0 N–H and O–H groups in total. The zero-order valence-electron chi connectivity index (χ0n) is 7.45. The molecule has 0 aliphatic carbocycles. The summed E-state index contributed by atoms with van der Waals surface area (Å²) < 4.78 is 0. The van der Waals surface area contributed by atoms with Gasteiger partial charge in [-0.25, -0.2) is 0 Å². The van der Waals surface area contributed by atoms with E-state index in [2.05, 4.69) is 13.8 Å². The molecule has 0 aliphatic rings. The topological polar surface area (TPSA) is 0 Å². The number of alkyl halides is 2. The SMILES string of the molecule is CC(C)CCCC(CCl)CCl. The van der Waals surface area contributed by atoms with Crippen LogP contribution < -0.4 is 0 Å². The summed E-state index contributed by atoms with van der Waals surface area (Å²) in [5, 5.41) is 0. The summed E-state index contributed by atoms with van der Waals surface area (Å²) in [6, 6.07) is 0. The molecule has 68 valence electrons. The molecule has 2 heteroatoms. The highest BCUT2D eigenvalue weighted by molar-refractivity contribution is 6.20. The Labute approximate surface area is 80.3 Å². The summed E-state index contributed by atoms with van der Waals surface area (Å²) in [5.41, 5.74) is 0. The van der Waals surface area contributed by atoms with Gasteiger partial charge >= 0.3 is 0 Å². The van der Waals surface area contributed by atoms with Gasteiger partial charge in [-0.3, -0.25) is 0 Å². The van der Waals surface area contributed by atoms with E-state index in [9.17, 15) is 0 Å². The minimum atomic E-state index is 0.525. The third kappa shape index (κ3) is 6.96. The predicted octanol–water partition coefficient (Wildman–Crippen LogP) is 3.91. The molecule has 0 saturated heterocycles. The molecule has 0 heterocycles. The van der Waals surface area contributed by atoms with E-state index in [4.69, 9.17) is 23.2 Å². The molecular formula is C9H18Cl2. The highest BCUT2D eigenvalue weighted by atomic mass is 35.5. The minimum absolute atomic E-state index is 0.525. The van der Waals surface area contributed by atoms with E-state index in [1.807, 2.05) is 0 Å². The van der Waals surface area contributed by atoms with Crippen molar-refractivity contribution in [1.82, 2.24) is 0 Å². The van der Waals surface area contributed by atoms with Crippen molar-refractivity contribution < 1.29 is 0 Å². The van der Waals surface area contributed by atoms with Gasteiger partial charge in [0.2, 0.25) is 0 Å².